The molecular formula is C12H16F2N2O3S. The topological polar surface area (TPSA) is 89.3 Å². The number of nitrogens with two attached hydrogens (primary N) is 1. The Balaban J connectivity index is 2.91. The lowest BCUT2D eigenvalue weighted by Gasteiger charge is -2.21. The highest BCUT2D eigenvalue weighted by atomic mass is 32.2. The van der Waals surface area contributed by atoms with Crippen LogP contribution < -0.4 is 11.1 Å². The quantitative estimate of drug-likeness (QED) is 0.865. The summed E-state index contributed by atoms with van der Waals surface area (Å²) in [7, 11) is -4.62. The molecule has 1 aromatic carbocycles. The zero-order valence-corrected chi connectivity index (χ0v) is 11.9. The zero-order valence-electron chi connectivity index (χ0n) is 11.1. The summed E-state index contributed by atoms with van der Waals surface area (Å²) < 4.78 is 47.1. The van der Waals surface area contributed by atoms with Gasteiger partial charge in [-0.2, -0.15) is 8.78 Å². The standard InChI is InChI=1S/C12H16F2N2O3S/c1-12(2,7-15)10(17)16-8-3-5-9(6-4-8)20(18,19)11(13)14/h3-6,11H,7,15H2,1-2H3,(H,16,17). The van der Waals surface area contributed by atoms with Crippen LogP contribution in [0, 0.1) is 5.41 Å². The fourth-order valence-corrected chi connectivity index (χ4v) is 1.94. The minimum absolute atomic E-state index is 0.136. The van der Waals surface area contributed by atoms with Crippen molar-refractivity contribution < 1.29 is 22.0 Å². The summed E-state index contributed by atoms with van der Waals surface area (Å²) in [6, 6.07) is 4.54. The van der Waals surface area contributed by atoms with E-state index in [1.165, 1.54) is 12.1 Å². The fourth-order valence-electron chi connectivity index (χ4n) is 1.22. The van der Waals surface area contributed by atoms with Crippen molar-refractivity contribution in [3.05, 3.63) is 24.3 Å². The van der Waals surface area contributed by atoms with E-state index < -0.39 is 25.9 Å². The molecule has 20 heavy (non-hydrogen) atoms. The largest absolute Gasteiger partial charge is 0.341 e. The highest BCUT2D eigenvalue weighted by molar-refractivity contribution is 7.91. The highest BCUT2D eigenvalue weighted by Gasteiger charge is 2.27. The molecule has 0 aliphatic heterocycles. The van der Waals surface area contributed by atoms with E-state index in [0.717, 1.165) is 12.1 Å². The van der Waals surface area contributed by atoms with Crippen LogP contribution in [0.15, 0.2) is 29.2 Å². The van der Waals surface area contributed by atoms with Crippen molar-refractivity contribution in [2.75, 3.05) is 11.9 Å². The molecule has 0 unspecified atom stereocenters. The second-order valence-corrected chi connectivity index (χ2v) is 6.79. The number of nitrogens with one attached hydrogen (secondary N) is 1. The minimum atomic E-state index is -4.62. The van der Waals surface area contributed by atoms with Crippen LogP contribution in [-0.4, -0.2) is 26.6 Å². The van der Waals surface area contributed by atoms with Crippen LogP contribution in [0.4, 0.5) is 14.5 Å². The molecule has 0 saturated carbocycles. The van der Waals surface area contributed by atoms with Crippen molar-refractivity contribution in [2.24, 2.45) is 11.1 Å². The number of anilines is 1. The summed E-state index contributed by atoms with van der Waals surface area (Å²) in [5.74, 6) is -3.82. The summed E-state index contributed by atoms with van der Waals surface area (Å²) in [6.45, 7) is 3.44. The summed E-state index contributed by atoms with van der Waals surface area (Å²) in [6.07, 6.45) is 0. The average molecular weight is 306 g/mol. The SMILES string of the molecule is CC(C)(CN)C(=O)Nc1ccc(S(=O)(=O)C(F)F)cc1. The molecule has 0 spiro atoms. The maximum atomic E-state index is 12.3. The Morgan fingerprint density at radius 1 is 1.30 bits per heavy atom. The molecule has 3 N–H and O–H groups in total. The third kappa shape index (κ3) is 3.51. The molecular weight excluding hydrogens is 290 g/mol. The van der Waals surface area contributed by atoms with Gasteiger partial charge in [0.05, 0.1) is 10.3 Å². The molecule has 1 aromatic rings. The molecule has 1 amide bonds. The van der Waals surface area contributed by atoms with Gasteiger partial charge in [-0.15, -0.1) is 0 Å². The number of halogens is 2. The van der Waals surface area contributed by atoms with Crippen molar-refractivity contribution in [1.82, 2.24) is 0 Å². The molecule has 0 bridgehead atoms. The van der Waals surface area contributed by atoms with E-state index >= 15 is 0 Å². The predicted octanol–water partition coefficient (Wildman–Crippen LogP) is 1.61. The summed E-state index contributed by atoms with van der Waals surface area (Å²) in [4.78, 5) is 11.3. The highest BCUT2D eigenvalue weighted by Crippen LogP contribution is 2.22. The van der Waals surface area contributed by atoms with Gasteiger partial charge in [-0.3, -0.25) is 4.79 Å². The second kappa shape index (κ2) is 5.84. The molecule has 112 valence electrons. The number of rotatable bonds is 5. The molecule has 5 nitrogen and oxygen atoms in total. The van der Waals surface area contributed by atoms with Gasteiger partial charge in [-0.1, -0.05) is 0 Å². The van der Waals surface area contributed by atoms with Crippen LogP contribution in [0.1, 0.15) is 13.8 Å². The van der Waals surface area contributed by atoms with E-state index in [2.05, 4.69) is 5.32 Å². The molecule has 0 radical (unpaired) electrons. The van der Waals surface area contributed by atoms with Crippen molar-refractivity contribution in [3.8, 4) is 0 Å². The van der Waals surface area contributed by atoms with Crippen LogP contribution in [0.2, 0.25) is 0 Å². The van der Waals surface area contributed by atoms with Gasteiger partial charge in [-0.05, 0) is 38.1 Å². The van der Waals surface area contributed by atoms with Gasteiger partial charge in [0, 0.05) is 12.2 Å². The Morgan fingerprint density at radius 3 is 2.20 bits per heavy atom. The summed E-state index contributed by atoms with van der Waals surface area (Å²) >= 11 is 0. The monoisotopic (exact) mass is 306 g/mol. The number of benzene rings is 1. The first-order chi connectivity index (χ1) is 9.11. The number of hydrogen-bond donors (Lipinski definition) is 2. The Bertz CT molecular complexity index is 583. The van der Waals surface area contributed by atoms with E-state index in [9.17, 15) is 22.0 Å². The smallest absolute Gasteiger partial charge is 0.329 e. The van der Waals surface area contributed by atoms with Crippen LogP contribution in [0.5, 0.6) is 0 Å². The van der Waals surface area contributed by atoms with E-state index in [0.29, 0.717) is 5.69 Å². The molecule has 0 aliphatic carbocycles. The van der Waals surface area contributed by atoms with Gasteiger partial charge in [0.1, 0.15) is 0 Å². The van der Waals surface area contributed by atoms with Gasteiger partial charge in [0.15, 0.2) is 0 Å². The normalized spacial score (nSPS) is 12.5. The Hall–Kier alpha value is -1.54. The first kappa shape index (κ1) is 16.5. The lowest BCUT2D eigenvalue weighted by molar-refractivity contribution is -0.123. The molecule has 8 heteroatoms. The third-order valence-corrected chi connectivity index (χ3v) is 4.20. The number of alkyl halides is 2. The fraction of sp³-hybridized carbons (Fsp3) is 0.417. The molecule has 0 aliphatic rings. The van der Waals surface area contributed by atoms with Crippen LogP contribution in [0.25, 0.3) is 0 Å². The van der Waals surface area contributed by atoms with Gasteiger partial charge < -0.3 is 11.1 Å². The first-order valence-electron chi connectivity index (χ1n) is 5.75. The number of amides is 1. The van der Waals surface area contributed by atoms with E-state index in [1.807, 2.05) is 0 Å². The third-order valence-electron chi connectivity index (χ3n) is 2.80. The Labute approximate surface area is 116 Å². The molecule has 0 fully saturated rings. The average Bonchev–Trinajstić information content (AvgIpc) is 2.39. The number of carbonyl (C=O) groups excluding carboxylic acids is 1. The first-order valence-corrected chi connectivity index (χ1v) is 7.29. The Morgan fingerprint density at radius 2 is 1.80 bits per heavy atom. The van der Waals surface area contributed by atoms with Crippen molar-refractivity contribution in [2.45, 2.75) is 24.5 Å². The predicted molar refractivity (Wildman–Crippen MR) is 71.1 cm³/mol. The maximum Gasteiger partial charge on any atom is 0.341 e. The lowest BCUT2D eigenvalue weighted by atomic mass is 9.92. The van der Waals surface area contributed by atoms with Gasteiger partial charge in [-0.25, -0.2) is 8.42 Å². The van der Waals surface area contributed by atoms with E-state index in [4.69, 9.17) is 5.73 Å². The van der Waals surface area contributed by atoms with Crippen LogP contribution in [-0.2, 0) is 14.6 Å². The molecule has 1 rings (SSSR count). The summed E-state index contributed by atoms with van der Waals surface area (Å²) in [5.41, 5.74) is 4.98. The molecule has 0 heterocycles. The molecule has 0 aromatic heterocycles. The number of sulfone groups is 1. The van der Waals surface area contributed by atoms with Gasteiger partial charge in [0.25, 0.3) is 0 Å². The minimum Gasteiger partial charge on any atom is -0.329 e. The lowest BCUT2D eigenvalue weighted by Crippen LogP contribution is -2.37. The van der Waals surface area contributed by atoms with Crippen molar-refractivity contribution in [3.63, 3.8) is 0 Å². The van der Waals surface area contributed by atoms with E-state index in [1.54, 1.807) is 13.8 Å². The van der Waals surface area contributed by atoms with Gasteiger partial charge in [0.2, 0.25) is 15.7 Å². The second-order valence-electron chi connectivity index (χ2n) is 4.87. The van der Waals surface area contributed by atoms with Crippen LogP contribution in [0.3, 0.4) is 0 Å². The number of hydrogen-bond acceptors (Lipinski definition) is 4. The molecule has 0 saturated heterocycles. The Kier molecular flexibility index (Phi) is 4.82. The maximum absolute atomic E-state index is 12.3. The molecule has 0 atom stereocenters. The summed E-state index contributed by atoms with van der Waals surface area (Å²) in [5, 5.41) is 2.54. The van der Waals surface area contributed by atoms with Crippen molar-refractivity contribution in [1.29, 1.82) is 0 Å². The number of carbonyl (C=O) groups is 1. The van der Waals surface area contributed by atoms with Crippen molar-refractivity contribution >= 4 is 21.4 Å². The van der Waals surface area contributed by atoms with E-state index in [-0.39, 0.29) is 12.5 Å². The zero-order chi connectivity index (χ0) is 15.6. The van der Waals surface area contributed by atoms with Crippen LogP contribution >= 0.6 is 0 Å². The van der Waals surface area contributed by atoms with Gasteiger partial charge >= 0.3 is 5.76 Å².